The van der Waals surface area contributed by atoms with Gasteiger partial charge >= 0.3 is 5.97 Å². The molecule has 0 saturated heterocycles. The first-order chi connectivity index (χ1) is 9.00. The number of furan rings is 1. The molecule has 102 valence electrons. The number of carboxylic acids is 1. The van der Waals surface area contributed by atoms with Gasteiger partial charge < -0.3 is 14.4 Å². The summed E-state index contributed by atoms with van der Waals surface area (Å²) in [5, 5.41) is 10.1. The highest BCUT2D eigenvalue weighted by molar-refractivity contribution is 5.81. The van der Waals surface area contributed by atoms with Crippen LogP contribution in [0.1, 0.15) is 24.9 Å². The molecule has 1 aromatic heterocycles. The van der Waals surface area contributed by atoms with Gasteiger partial charge in [-0.2, -0.15) is 0 Å². The van der Waals surface area contributed by atoms with Gasteiger partial charge in [-0.1, -0.05) is 25.1 Å². The summed E-state index contributed by atoms with van der Waals surface area (Å²) in [6.07, 6.45) is 2.30. The molecule has 0 aliphatic rings. The highest BCUT2D eigenvalue weighted by atomic mass is 16.4. The van der Waals surface area contributed by atoms with Crippen LogP contribution in [0.25, 0.3) is 11.0 Å². The number of hydrogen-bond donors (Lipinski definition) is 1. The third-order valence-electron chi connectivity index (χ3n) is 3.49. The topological polar surface area (TPSA) is 53.7 Å². The van der Waals surface area contributed by atoms with Crippen LogP contribution in [0.2, 0.25) is 0 Å². The first kappa shape index (κ1) is 13.6. The van der Waals surface area contributed by atoms with Crippen LogP contribution in [-0.2, 0) is 4.79 Å². The largest absolute Gasteiger partial charge is 0.481 e. The molecule has 0 aliphatic carbocycles. The smallest absolute Gasteiger partial charge is 0.306 e. The molecule has 0 amide bonds. The van der Waals surface area contributed by atoms with Gasteiger partial charge in [0.2, 0.25) is 0 Å². The number of carboxylic acid groups (broad SMARTS) is 1. The number of rotatable bonds is 5. The van der Waals surface area contributed by atoms with E-state index in [4.69, 9.17) is 9.52 Å². The van der Waals surface area contributed by atoms with Crippen molar-refractivity contribution in [3.8, 4) is 0 Å². The maximum atomic E-state index is 11.0. The summed E-state index contributed by atoms with van der Waals surface area (Å²) in [4.78, 5) is 13.1. The lowest BCUT2D eigenvalue weighted by Crippen LogP contribution is -2.24. The molecule has 1 aromatic carbocycles. The molecule has 4 heteroatoms. The van der Waals surface area contributed by atoms with Crippen molar-refractivity contribution in [2.24, 2.45) is 5.92 Å². The summed E-state index contributed by atoms with van der Waals surface area (Å²) in [6, 6.07) is 7.87. The fraction of sp³-hybridized carbons (Fsp3) is 0.400. The maximum Gasteiger partial charge on any atom is 0.306 e. The minimum Gasteiger partial charge on any atom is -0.481 e. The van der Waals surface area contributed by atoms with Gasteiger partial charge in [0.15, 0.2) is 0 Å². The fourth-order valence-electron chi connectivity index (χ4n) is 2.31. The summed E-state index contributed by atoms with van der Waals surface area (Å²) in [6.45, 7) is 1.74. The number of benzene rings is 1. The van der Waals surface area contributed by atoms with Gasteiger partial charge in [0.05, 0.1) is 12.2 Å². The van der Waals surface area contributed by atoms with Gasteiger partial charge in [-0.3, -0.25) is 4.79 Å². The zero-order chi connectivity index (χ0) is 14.0. The minimum atomic E-state index is -0.764. The van der Waals surface area contributed by atoms with Crippen molar-refractivity contribution in [2.45, 2.75) is 19.4 Å². The molecule has 1 heterocycles. The van der Waals surface area contributed by atoms with Gasteiger partial charge in [0.1, 0.15) is 5.58 Å². The molecule has 2 unspecified atom stereocenters. The second-order valence-electron chi connectivity index (χ2n) is 5.14. The van der Waals surface area contributed by atoms with Gasteiger partial charge in [-0.25, -0.2) is 0 Å². The molecular weight excluding hydrogens is 242 g/mol. The van der Waals surface area contributed by atoms with Crippen molar-refractivity contribution in [3.63, 3.8) is 0 Å². The van der Waals surface area contributed by atoms with Crippen LogP contribution >= 0.6 is 0 Å². The quantitative estimate of drug-likeness (QED) is 0.898. The Morgan fingerprint density at radius 2 is 2.05 bits per heavy atom. The number of aliphatic carboxylic acids is 1. The van der Waals surface area contributed by atoms with Gasteiger partial charge in [-0.05, 0) is 26.6 Å². The van der Waals surface area contributed by atoms with E-state index < -0.39 is 5.97 Å². The van der Waals surface area contributed by atoms with Gasteiger partial charge in [-0.15, -0.1) is 0 Å². The highest BCUT2D eigenvalue weighted by Crippen LogP contribution is 2.32. The molecule has 2 rings (SSSR count). The summed E-state index contributed by atoms with van der Waals surface area (Å²) in [5.41, 5.74) is 1.89. The van der Waals surface area contributed by atoms with E-state index in [2.05, 4.69) is 0 Å². The predicted octanol–water partition coefficient (Wildman–Crippen LogP) is 3.15. The van der Waals surface area contributed by atoms with Crippen LogP contribution in [-0.4, -0.2) is 30.1 Å². The molecule has 0 bridgehead atoms. The molecule has 2 atom stereocenters. The Morgan fingerprint density at radius 3 is 2.68 bits per heavy atom. The van der Waals surface area contributed by atoms with Crippen molar-refractivity contribution in [1.29, 1.82) is 0 Å². The Hall–Kier alpha value is -1.81. The summed E-state index contributed by atoms with van der Waals surface area (Å²) in [5.74, 6) is -1.15. The lowest BCUT2D eigenvalue weighted by molar-refractivity contribution is -0.141. The zero-order valence-corrected chi connectivity index (χ0v) is 11.5. The third kappa shape index (κ3) is 2.79. The molecule has 4 nitrogen and oxygen atoms in total. The second-order valence-corrected chi connectivity index (χ2v) is 5.14. The second kappa shape index (κ2) is 5.45. The monoisotopic (exact) mass is 261 g/mol. The minimum absolute atomic E-state index is 0.0368. The van der Waals surface area contributed by atoms with Crippen LogP contribution in [0, 0.1) is 5.92 Å². The Morgan fingerprint density at radius 1 is 1.37 bits per heavy atom. The lowest BCUT2D eigenvalue weighted by Gasteiger charge is -2.25. The van der Waals surface area contributed by atoms with E-state index in [1.807, 2.05) is 43.3 Å². The van der Waals surface area contributed by atoms with E-state index in [1.54, 1.807) is 13.2 Å². The molecule has 0 fully saturated rings. The van der Waals surface area contributed by atoms with Crippen LogP contribution in [0.4, 0.5) is 0 Å². The van der Waals surface area contributed by atoms with Crippen LogP contribution in [0.15, 0.2) is 34.9 Å². The predicted molar refractivity (Wildman–Crippen MR) is 74.1 cm³/mol. The Balaban J connectivity index is 2.36. The van der Waals surface area contributed by atoms with E-state index in [1.165, 1.54) is 0 Å². The average molecular weight is 261 g/mol. The lowest BCUT2D eigenvalue weighted by atomic mass is 9.95. The van der Waals surface area contributed by atoms with Crippen LogP contribution in [0.5, 0.6) is 0 Å². The Kier molecular flexibility index (Phi) is 3.90. The summed E-state index contributed by atoms with van der Waals surface area (Å²) < 4.78 is 5.55. The van der Waals surface area contributed by atoms with E-state index in [-0.39, 0.29) is 12.0 Å². The Bertz CT molecular complexity index is 574. The zero-order valence-electron chi connectivity index (χ0n) is 11.5. The summed E-state index contributed by atoms with van der Waals surface area (Å²) >= 11 is 0. The van der Waals surface area contributed by atoms with E-state index in [9.17, 15) is 4.79 Å². The maximum absolute atomic E-state index is 11.0. The molecule has 19 heavy (non-hydrogen) atoms. The molecule has 0 aliphatic heterocycles. The average Bonchev–Trinajstić information content (AvgIpc) is 2.78. The van der Waals surface area contributed by atoms with Crippen LogP contribution < -0.4 is 0 Å². The third-order valence-corrected chi connectivity index (χ3v) is 3.49. The SMILES string of the molecule is CC(CC(c1coc2ccccc12)N(C)C)C(=O)O. The number of para-hydroxylation sites is 1. The molecule has 0 spiro atoms. The molecule has 0 radical (unpaired) electrons. The van der Waals surface area contributed by atoms with E-state index in [0.29, 0.717) is 6.42 Å². The molecular formula is C15H19NO3. The van der Waals surface area contributed by atoms with E-state index in [0.717, 1.165) is 16.5 Å². The van der Waals surface area contributed by atoms with Crippen LogP contribution in [0.3, 0.4) is 0 Å². The molecule has 0 saturated carbocycles. The van der Waals surface area contributed by atoms with Crippen molar-refractivity contribution < 1.29 is 14.3 Å². The number of nitrogens with zero attached hydrogens (tertiary/aromatic N) is 1. The fourth-order valence-corrected chi connectivity index (χ4v) is 2.31. The standard InChI is InChI=1S/C15H19NO3/c1-10(15(17)18)8-13(16(2)3)12-9-19-14-7-5-4-6-11(12)14/h4-7,9-10,13H,8H2,1-3H3,(H,17,18). The van der Waals surface area contributed by atoms with E-state index >= 15 is 0 Å². The summed E-state index contributed by atoms with van der Waals surface area (Å²) in [7, 11) is 3.92. The number of carbonyl (C=O) groups is 1. The first-order valence-electron chi connectivity index (χ1n) is 6.36. The van der Waals surface area contributed by atoms with Gasteiger partial charge in [0, 0.05) is 17.0 Å². The highest BCUT2D eigenvalue weighted by Gasteiger charge is 2.24. The Labute approximate surface area is 112 Å². The van der Waals surface area contributed by atoms with Crippen molar-refractivity contribution in [1.82, 2.24) is 4.90 Å². The van der Waals surface area contributed by atoms with Gasteiger partial charge in [0.25, 0.3) is 0 Å². The normalized spacial score (nSPS) is 14.7. The number of hydrogen-bond acceptors (Lipinski definition) is 3. The first-order valence-corrected chi connectivity index (χ1v) is 6.36. The molecule has 1 N–H and O–H groups in total. The van der Waals surface area contributed by atoms with Crippen molar-refractivity contribution in [2.75, 3.05) is 14.1 Å². The number of fused-ring (bicyclic) bond motifs is 1. The van der Waals surface area contributed by atoms with Crippen molar-refractivity contribution in [3.05, 3.63) is 36.1 Å². The molecule has 2 aromatic rings. The van der Waals surface area contributed by atoms with Crippen molar-refractivity contribution >= 4 is 16.9 Å².